The summed E-state index contributed by atoms with van der Waals surface area (Å²) >= 11 is 0. The maximum atomic E-state index is 12.4. The Bertz CT molecular complexity index is 737. The third-order valence-electron chi connectivity index (χ3n) is 3.97. The molecule has 0 aromatic heterocycles. The molecular weight excluding hydrogens is 344 g/mol. The van der Waals surface area contributed by atoms with Crippen LogP contribution in [0.3, 0.4) is 0 Å². The van der Waals surface area contributed by atoms with Crippen molar-refractivity contribution in [1.29, 1.82) is 0 Å². The minimum atomic E-state index is -0.813. The smallest absolute Gasteiger partial charge is 0.434 e. The number of rotatable bonds is 9. The first-order valence-electron chi connectivity index (χ1n) is 9.38. The van der Waals surface area contributed by atoms with Crippen molar-refractivity contribution in [1.82, 2.24) is 0 Å². The van der Waals surface area contributed by atoms with E-state index in [1.54, 1.807) is 36.4 Å². The van der Waals surface area contributed by atoms with Gasteiger partial charge in [0.25, 0.3) is 0 Å². The van der Waals surface area contributed by atoms with E-state index < -0.39 is 12.1 Å². The molecule has 0 aliphatic heterocycles. The van der Waals surface area contributed by atoms with Crippen molar-refractivity contribution in [2.75, 3.05) is 6.61 Å². The molecular formula is C22H26O5. The summed E-state index contributed by atoms with van der Waals surface area (Å²) in [6.45, 7) is 4.44. The summed E-state index contributed by atoms with van der Waals surface area (Å²) in [5, 5.41) is 0. The highest BCUT2D eigenvalue weighted by Crippen LogP contribution is 2.27. The van der Waals surface area contributed by atoms with E-state index in [9.17, 15) is 9.59 Å². The lowest BCUT2D eigenvalue weighted by molar-refractivity contribution is 0.0715. The van der Waals surface area contributed by atoms with Crippen LogP contribution in [-0.2, 0) is 11.2 Å². The van der Waals surface area contributed by atoms with Crippen molar-refractivity contribution in [2.45, 2.75) is 46.0 Å². The van der Waals surface area contributed by atoms with Crippen LogP contribution < -0.4 is 9.47 Å². The van der Waals surface area contributed by atoms with E-state index in [1.165, 1.54) is 5.56 Å². The van der Waals surface area contributed by atoms with Crippen LogP contribution in [0.15, 0.2) is 48.5 Å². The molecule has 0 aliphatic carbocycles. The van der Waals surface area contributed by atoms with Gasteiger partial charge in [-0.25, -0.2) is 9.59 Å². The van der Waals surface area contributed by atoms with Gasteiger partial charge >= 0.3 is 12.1 Å². The number of ether oxygens (including phenoxy) is 3. The first-order chi connectivity index (χ1) is 13.1. The summed E-state index contributed by atoms with van der Waals surface area (Å²) in [4.78, 5) is 24.1. The van der Waals surface area contributed by atoms with Gasteiger partial charge in [-0.3, -0.25) is 0 Å². The topological polar surface area (TPSA) is 61.8 Å². The first-order valence-corrected chi connectivity index (χ1v) is 9.38. The van der Waals surface area contributed by atoms with Crippen LogP contribution in [0.25, 0.3) is 0 Å². The van der Waals surface area contributed by atoms with E-state index >= 15 is 0 Å². The van der Waals surface area contributed by atoms with E-state index in [0.29, 0.717) is 12.2 Å². The van der Waals surface area contributed by atoms with Gasteiger partial charge in [0.05, 0.1) is 12.2 Å². The average molecular weight is 370 g/mol. The lowest BCUT2D eigenvalue weighted by Gasteiger charge is -2.10. The highest BCUT2D eigenvalue weighted by Gasteiger charge is 2.15. The van der Waals surface area contributed by atoms with Gasteiger partial charge in [-0.15, -0.1) is 0 Å². The fraction of sp³-hybridized carbons (Fsp3) is 0.364. The molecule has 0 amide bonds. The van der Waals surface area contributed by atoms with E-state index in [-0.39, 0.29) is 11.5 Å². The van der Waals surface area contributed by atoms with Crippen LogP contribution in [0.1, 0.15) is 55.5 Å². The van der Waals surface area contributed by atoms with E-state index in [4.69, 9.17) is 14.2 Å². The van der Waals surface area contributed by atoms with Gasteiger partial charge in [0, 0.05) is 0 Å². The zero-order valence-electron chi connectivity index (χ0n) is 15.9. The Morgan fingerprint density at radius 1 is 0.815 bits per heavy atom. The highest BCUT2D eigenvalue weighted by atomic mass is 16.7. The number of carbonyl (C=O) groups is 2. The number of unbranched alkanes of at least 4 members (excludes halogenated alkanes) is 2. The predicted octanol–water partition coefficient (Wildman–Crippen LogP) is 5.56. The predicted molar refractivity (Wildman–Crippen MR) is 103 cm³/mol. The Hall–Kier alpha value is -2.82. The van der Waals surface area contributed by atoms with Crippen LogP contribution in [0.2, 0.25) is 0 Å². The van der Waals surface area contributed by atoms with Crippen molar-refractivity contribution in [3.8, 4) is 11.5 Å². The van der Waals surface area contributed by atoms with E-state index in [2.05, 4.69) is 6.92 Å². The second-order valence-corrected chi connectivity index (χ2v) is 6.19. The molecule has 0 aliphatic rings. The molecule has 0 radical (unpaired) electrons. The summed E-state index contributed by atoms with van der Waals surface area (Å²) < 4.78 is 15.5. The van der Waals surface area contributed by atoms with Gasteiger partial charge in [-0.2, -0.15) is 0 Å². The molecule has 5 heteroatoms. The van der Waals surface area contributed by atoms with Crippen LogP contribution in [0.5, 0.6) is 11.5 Å². The number of carbonyl (C=O) groups excluding carboxylic acids is 2. The molecule has 27 heavy (non-hydrogen) atoms. The van der Waals surface area contributed by atoms with E-state index in [0.717, 1.165) is 32.1 Å². The van der Waals surface area contributed by atoms with Crippen LogP contribution in [0, 0.1) is 0 Å². The molecule has 0 fully saturated rings. The van der Waals surface area contributed by atoms with Gasteiger partial charge < -0.3 is 14.2 Å². The number of para-hydroxylation sites is 2. The summed E-state index contributed by atoms with van der Waals surface area (Å²) in [6.07, 6.45) is 4.10. The molecule has 0 unspecified atom stereocenters. The van der Waals surface area contributed by atoms with Gasteiger partial charge in [0.2, 0.25) is 0 Å². The third kappa shape index (κ3) is 6.77. The fourth-order valence-corrected chi connectivity index (χ4v) is 2.39. The molecule has 144 valence electrons. The second kappa shape index (κ2) is 11.0. The van der Waals surface area contributed by atoms with Gasteiger partial charge in [0.15, 0.2) is 11.5 Å². The number of aryl methyl sites for hydroxylation is 1. The van der Waals surface area contributed by atoms with Crippen molar-refractivity contribution >= 4 is 12.1 Å². The standard InChI is InChI=1S/C22H26O5/c1-3-5-9-17-12-14-18(15-13-17)21(23)26-19-10-7-8-11-20(19)27-22(24)25-16-6-4-2/h7-8,10-15H,3-6,9,16H2,1-2H3. The zero-order chi connectivity index (χ0) is 19.5. The molecule has 0 spiro atoms. The number of hydrogen-bond acceptors (Lipinski definition) is 5. The molecule has 0 saturated carbocycles. The second-order valence-electron chi connectivity index (χ2n) is 6.19. The minimum absolute atomic E-state index is 0.145. The van der Waals surface area contributed by atoms with Crippen molar-refractivity contribution in [3.63, 3.8) is 0 Å². The van der Waals surface area contributed by atoms with Gasteiger partial charge in [0.1, 0.15) is 0 Å². The normalized spacial score (nSPS) is 10.3. The maximum absolute atomic E-state index is 12.4. The van der Waals surface area contributed by atoms with Crippen molar-refractivity contribution in [2.24, 2.45) is 0 Å². The summed E-state index contributed by atoms with van der Waals surface area (Å²) in [6, 6.07) is 13.9. The van der Waals surface area contributed by atoms with Gasteiger partial charge in [-0.05, 0) is 49.1 Å². The Kier molecular flexibility index (Phi) is 8.36. The third-order valence-corrected chi connectivity index (χ3v) is 3.97. The maximum Gasteiger partial charge on any atom is 0.513 e. The number of benzene rings is 2. The molecule has 0 heterocycles. The van der Waals surface area contributed by atoms with Crippen molar-refractivity contribution in [3.05, 3.63) is 59.7 Å². The summed E-state index contributed by atoms with van der Waals surface area (Å²) in [5.41, 5.74) is 1.63. The molecule has 0 atom stereocenters. The van der Waals surface area contributed by atoms with Gasteiger partial charge in [-0.1, -0.05) is 51.0 Å². The number of hydrogen-bond donors (Lipinski definition) is 0. The lowest BCUT2D eigenvalue weighted by atomic mass is 10.1. The Labute approximate surface area is 160 Å². The summed E-state index contributed by atoms with van der Waals surface area (Å²) in [7, 11) is 0. The largest absolute Gasteiger partial charge is 0.513 e. The van der Waals surface area contributed by atoms with Crippen LogP contribution >= 0.6 is 0 Å². The summed E-state index contributed by atoms with van der Waals surface area (Å²) in [5.74, 6) is -0.190. The first kappa shape index (κ1) is 20.5. The Morgan fingerprint density at radius 3 is 2.07 bits per heavy atom. The molecule has 2 rings (SSSR count). The van der Waals surface area contributed by atoms with Crippen LogP contribution in [-0.4, -0.2) is 18.7 Å². The van der Waals surface area contributed by atoms with Crippen molar-refractivity contribution < 1.29 is 23.8 Å². The fourth-order valence-electron chi connectivity index (χ4n) is 2.39. The zero-order valence-corrected chi connectivity index (χ0v) is 15.9. The van der Waals surface area contributed by atoms with Crippen LogP contribution in [0.4, 0.5) is 4.79 Å². The molecule has 5 nitrogen and oxygen atoms in total. The minimum Gasteiger partial charge on any atom is -0.434 e. The monoisotopic (exact) mass is 370 g/mol. The lowest BCUT2D eigenvalue weighted by Crippen LogP contribution is -2.14. The molecule has 2 aromatic rings. The number of esters is 1. The molecule has 0 N–H and O–H groups in total. The molecule has 2 aromatic carbocycles. The Balaban J connectivity index is 2.00. The van der Waals surface area contributed by atoms with E-state index in [1.807, 2.05) is 19.1 Å². The SMILES string of the molecule is CCCCOC(=O)Oc1ccccc1OC(=O)c1ccc(CCCC)cc1. The average Bonchev–Trinajstić information content (AvgIpc) is 2.68. The highest BCUT2D eigenvalue weighted by molar-refractivity contribution is 5.91. The Morgan fingerprint density at radius 2 is 1.44 bits per heavy atom. The quantitative estimate of drug-likeness (QED) is 0.250. The molecule has 0 saturated heterocycles. The molecule has 0 bridgehead atoms.